The van der Waals surface area contributed by atoms with E-state index in [1.807, 2.05) is 0 Å². The van der Waals surface area contributed by atoms with Crippen molar-refractivity contribution in [3.05, 3.63) is 70.8 Å². The third kappa shape index (κ3) is 2.69. The van der Waals surface area contributed by atoms with Gasteiger partial charge < -0.3 is 10.6 Å². The van der Waals surface area contributed by atoms with Gasteiger partial charge in [0.1, 0.15) is 13.3 Å². The molecule has 2 aliphatic heterocycles. The quantitative estimate of drug-likeness (QED) is 0.764. The lowest BCUT2D eigenvalue weighted by Gasteiger charge is -2.17. The van der Waals surface area contributed by atoms with Gasteiger partial charge in [-0.1, -0.05) is 24.3 Å². The molecule has 0 saturated carbocycles. The molecule has 2 aromatic rings. The lowest BCUT2D eigenvalue weighted by molar-refractivity contribution is 0.0641. The van der Waals surface area contributed by atoms with Gasteiger partial charge in [0, 0.05) is 0 Å². The van der Waals surface area contributed by atoms with E-state index in [1.54, 1.807) is 24.3 Å². The fourth-order valence-corrected chi connectivity index (χ4v) is 3.13. The molecule has 0 fully saturated rings. The topological polar surface area (TPSA) is 116 Å². The zero-order chi connectivity index (χ0) is 19.8. The van der Waals surface area contributed by atoms with Crippen LogP contribution in [0.3, 0.4) is 0 Å². The predicted molar refractivity (Wildman–Crippen MR) is 95.3 cm³/mol. The third-order valence-corrected chi connectivity index (χ3v) is 4.55. The van der Waals surface area contributed by atoms with E-state index in [0.29, 0.717) is 0 Å². The molecule has 6 amide bonds. The van der Waals surface area contributed by atoms with Gasteiger partial charge in [-0.2, -0.15) is 0 Å². The van der Waals surface area contributed by atoms with Crippen LogP contribution in [0.1, 0.15) is 41.4 Å². The highest BCUT2D eigenvalue weighted by Crippen LogP contribution is 2.22. The van der Waals surface area contributed by atoms with Crippen LogP contribution < -0.4 is 10.6 Å². The molecule has 9 heteroatoms. The molecule has 2 aromatic carbocycles. The summed E-state index contributed by atoms with van der Waals surface area (Å²) in [4.78, 5) is 62.8. The first-order chi connectivity index (χ1) is 13.5. The highest BCUT2D eigenvalue weighted by molar-refractivity contribution is 6.22. The Labute approximate surface area is 158 Å². The number of nitrogens with zero attached hydrogens (tertiary/aromatic N) is 2. The molecule has 140 valence electrons. The summed E-state index contributed by atoms with van der Waals surface area (Å²) in [5.41, 5.74) is 1.11. The van der Waals surface area contributed by atoms with E-state index in [2.05, 4.69) is 10.6 Å². The second kappa shape index (κ2) is 6.62. The maximum absolute atomic E-state index is 12.2. The molecule has 4 rings (SSSR count). The van der Waals surface area contributed by atoms with Crippen molar-refractivity contribution in [2.75, 3.05) is 13.3 Å². The Kier molecular flexibility index (Phi) is 4.11. The molecule has 28 heavy (non-hydrogen) atoms. The van der Waals surface area contributed by atoms with E-state index in [-0.39, 0.29) is 35.6 Å². The summed E-state index contributed by atoms with van der Waals surface area (Å²) < 4.78 is 0. The molecular weight excluding hydrogens is 364 g/mol. The van der Waals surface area contributed by atoms with E-state index in [9.17, 15) is 24.0 Å². The highest BCUT2D eigenvalue weighted by Gasteiger charge is 2.36. The van der Waals surface area contributed by atoms with E-state index >= 15 is 0 Å². The SMILES string of the molecule is O=C(NCN1C(=O)c2ccccc2C1=O)NCN1C(=O)c2ccccc2C1=O. The summed E-state index contributed by atoms with van der Waals surface area (Å²) in [7, 11) is 0. The zero-order valence-electron chi connectivity index (χ0n) is 14.5. The standard InChI is InChI=1S/C19H14N4O5/c24-15-11-5-1-2-6-12(11)16(25)22(15)9-20-19(28)21-10-23-17(26)13-7-3-4-8-14(13)18(23)27/h1-8H,9-10H2,(H2,20,21,28). The Balaban J connectivity index is 1.33. The second-order valence-corrected chi connectivity index (χ2v) is 6.17. The maximum atomic E-state index is 12.2. The lowest BCUT2D eigenvalue weighted by atomic mass is 10.1. The monoisotopic (exact) mass is 378 g/mol. The number of carbonyl (C=O) groups excluding carboxylic acids is 5. The van der Waals surface area contributed by atoms with Gasteiger partial charge in [-0.15, -0.1) is 0 Å². The van der Waals surface area contributed by atoms with Crippen LogP contribution >= 0.6 is 0 Å². The molecule has 9 nitrogen and oxygen atoms in total. The number of rotatable bonds is 4. The number of carbonyl (C=O) groups is 5. The van der Waals surface area contributed by atoms with E-state index in [4.69, 9.17) is 0 Å². The van der Waals surface area contributed by atoms with Gasteiger partial charge in [-0.25, -0.2) is 4.79 Å². The molecule has 0 aromatic heterocycles. The fourth-order valence-electron chi connectivity index (χ4n) is 3.13. The van der Waals surface area contributed by atoms with Crippen molar-refractivity contribution in [1.29, 1.82) is 0 Å². The van der Waals surface area contributed by atoms with Gasteiger partial charge in [0.25, 0.3) is 23.6 Å². The van der Waals surface area contributed by atoms with Crippen molar-refractivity contribution in [3.63, 3.8) is 0 Å². The fraction of sp³-hybridized carbons (Fsp3) is 0.105. The van der Waals surface area contributed by atoms with Gasteiger partial charge in [0.2, 0.25) is 0 Å². The summed E-state index contributed by atoms with van der Waals surface area (Å²) in [6.45, 7) is -0.666. The average Bonchev–Trinajstić information content (AvgIpc) is 3.10. The Bertz CT molecular complexity index is 897. The first-order valence-electron chi connectivity index (χ1n) is 8.41. The number of imide groups is 2. The van der Waals surface area contributed by atoms with Crippen LogP contribution in [0, 0.1) is 0 Å². The number of hydrogen-bond donors (Lipinski definition) is 2. The Morgan fingerprint density at radius 1 is 0.607 bits per heavy atom. The first kappa shape index (κ1) is 17.4. The van der Waals surface area contributed by atoms with Gasteiger partial charge in [-0.05, 0) is 24.3 Å². The van der Waals surface area contributed by atoms with Crippen LogP contribution in [0.15, 0.2) is 48.5 Å². The average molecular weight is 378 g/mol. The number of urea groups is 1. The molecule has 2 heterocycles. The van der Waals surface area contributed by atoms with Crippen molar-refractivity contribution in [2.24, 2.45) is 0 Å². The van der Waals surface area contributed by atoms with Crippen molar-refractivity contribution in [1.82, 2.24) is 20.4 Å². The zero-order valence-corrected chi connectivity index (χ0v) is 14.5. The van der Waals surface area contributed by atoms with Gasteiger partial charge in [-0.3, -0.25) is 29.0 Å². The van der Waals surface area contributed by atoms with Crippen molar-refractivity contribution < 1.29 is 24.0 Å². The molecule has 2 N–H and O–H groups in total. The van der Waals surface area contributed by atoms with Crippen molar-refractivity contribution >= 4 is 29.7 Å². The molecule has 0 aliphatic carbocycles. The molecule has 0 radical (unpaired) electrons. The van der Waals surface area contributed by atoms with E-state index in [0.717, 1.165) is 9.80 Å². The normalized spacial score (nSPS) is 15.0. The number of nitrogens with one attached hydrogen (secondary N) is 2. The van der Waals surface area contributed by atoms with Crippen LogP contribution in [0.4, 0.5) is 4.79 Å². The van der Waals surface area contributed by atoms with E-state index in [1.165, 1.54) is 24.3 Å². The van der Waals surface area contributed by atoms with Crippen LogP contribution in [-0.2, 0) is 0 Å². The van der Waals surface area contributed by atoms with Crippen LogP contribution in [0.2, 0.25) is 0 Å². The molecule has 0 spiro atoms. The number of benzene rings is 2. The molecule has 0 saturated heterocycles. The summed E-state index contributed by atoms with van der Waals surface area (Å²) in [6.07, 6.45) is 0. The largest absolute Gasteiger partial charge is 0.320 e. The number of amides is 6. The second-order valence-electron chi connectivity index (χ2n) is 6.17. The minimum absolute atomic E-state index is 0.278. The van der Waals surface area contributed by atoms with Gasteiger partial charge >= 0.3 is 6.03 Å². The Morgan fingerprint density at radius 3 is 1.18 bits per heavy atom. The van der Waals surface area contributed by atoms with Crippen molar-refractivity contribution in [3.8, 4) is 0 Å². The minimum atomic E-state index is -0.729. The third-order valence-electron chi connectivity index (χ3n) is 4.55. The van der Waals surface area contributed by atoms with Gasteiger partial charge in [0.15, 0.2) is 0 Å². The van der Waals surface area contributed by atoms with Crippen LogP contribution in [0.5, 0.6) is 0 Å². The summed E-state index contributed by atoms with van der Waals surface area (Å²) >= 11 is 0. The summed E-state index contributed by atoms with van der Waals surface area (Å²) in [6, 6.07) is 12.0. The Morgan fingerprint density at radius 2 is 0.893 bits per heavy atom. The first-order valence-corrected chi connectivity index (χ1v) is 8.41. The number of hydrogen-bond acceptors (Lipinski definition) is 5. The van der Waals surface area contributed by atoms with Crippen LogP contribution in [-0.4, -0.2) is 52.8 Å². The summed E-state index contributed by atoms with van der Waals surface area (Å²) in [5.74, 6) is -2.00. The van der Waals surface area contributed by atoms with Gasteiger partial charge in [0.05, 0.1) is 22.3 Å². The van der Waals surface area contributed by atoms with E-state index < -0.39 is 29.7 Å². The lowest BCUT2D eigenvalue weighted by Crippen LogP contribution is -2.48. The predicted octanol–water partition coefficient (Wildman–Crippen LogP) is 0.793. The molecule has 2 aliphatic rings. The smallest absolute Gasteiger partial charge is 0.317 e. The maximum Gasteiger partial charge on any atom is 0.317 e. The Hall–Kier alpha value is -4.01. The number of fused-ring (bicyclic) bond motifs is 2. The highest BCUT2D eigenvalue weighted by atomic mass is 16.2. The van der Waals surface area contributed by atoms with Crippen LogP contribution in [0.25, 0.3) is 0 Å². The summed E-state index contributed by atoms with van der Waals surface area (Å²) in [5, 5.41) is 4.76. The molecule has 0 bridgehead atoms. The molecule has 0 atom stereocenters. The van der Waals surface area contributed by atoms with Crippen molar-refractivity contribution in [2.45, 2.75) is 0 Å². The molecule has 0 unspecified atom stereocenters. The minimum Gasteiger partial charge on any atom is -0.320 e. The molecular formula is C19H14N4O5.